The van der Waals surface area contributed by atoms with Crippen LogP contribution in [0, 0.1) is 5.82 Å². The molecule has 13 heteroatoms. The predicted molar refractivity (Wildman–Crippen MR) is 116 cm³/mol. The van der Waals surface area contributed by atoms with Crippen molar-refractivity contribution in [3.05, 3.63) is 71.7 Å². The molecule has 3 aromatic rings. The van der Waals surface area contributed by atoms with Crippen molar-refractivity contribution in [3.8, 4) is 17.0 Å². The molecule has 1 aromatic carbocycles. The Morgan fingerprint density at radius 1 is 1.22 bits per heavy atom. The molecule has 0 fully saturated rings. The van der Waals surface area contributed by atoms with Gasteiger partial charge in [0.25, 0.3) is 5.91 Å². The number of carbonyl (C=O) groups excluding carboxylic acids is 2. The molecule has 9 nitrogen and oxygen atoms in total. The molecule has 2 atom stereocenters. The van der Waals surface area contributed by atoms with E-state index in [4.69, 9.17) is 10.5 Å². The lowest BCUT2D eigenvalue weighted by Gasteiger charge is -2.31. The lowest BCUT2D eigenvalue weighted by atomic mass is 9.81. The number of carbonyl (C=O) groups is 2. The number of primary amides is 1. The first-order valence-corrected chi connectivity index (χ1v) is 10.4. The quantitative estimate of drug-likeness (QED) is 0.435. The van der Waals surface area contributed by atoms with Crippen molar-refractivity contribution >= 4 is 11.8 Å². The molecule has 3 heterocycles. The Labute approximate surface area is 201 Å². The summed E-state index contributed by atoms with van der Waals surface area (Å²) in [7, 11) is 0. The van der Waals surface area contributed by atoms with Crippen molar-refractivity contribution in [1.82, 2.24) is 20.3 Å². The first kappa shape index (κ1) is 25.0. The molecule has 4 N–H and O–H groups in total. The number of ether oxygens (including phenoxy) is 1. The number of halogens is 4. The zero-order valence-electron chi connectivity index (χ0n) is 18.6. The number of alkyl halides is 3. The molecule has 0 spiro atoms. The number of aromatic nitrogens is 3. The molecule has 2 aromatic heterocycles. The summed E-state index contributed by atoms with van der Waals surface area (Å²) in [6.07, 6.45) is -1.84. The molecule has 0 saturated carbocycles. The summed E-state index contributed by atoms with van der Waals surface area (Å²) in [5, 5.41) is 12.9. The molecular weight excluding hydrogens is 486 g/mol. The SMILES string of the molecule is C[C@]1(C(N)=O)COc2c1cc([C@@](O)(CNC(=O)c1cnccn1)C(F)(F)F)nc2-c1ccc(F)cc1. The molecule has 1 aliphatic rings. The van der Waals surface area contributed by atoms with Gasteiger partial charge in [0.05, 0.1) is 18.4 Å². The van der Waals surface area contributed by atoms with Crippen molar-refractivity contribution in [2.75, 3.05) is 13.2 Å². The van der Waals surface area contributed by atoms with Crippen molar-refractivity contribution in [2.45, 2.75) is 24.1 Å². The average Bonchev–Trinajstić information content (AvgIpc) is 3.20. The fourth-order valence-corrected chi connectivity index (χ4v) is 3.65. The summed E-state index contributed by atoms with van der Waals surface area (Å²) in [6, 6.07) is 5.52. The number of nitrogens with one attached hydrogen (secondary N) is 1. The van der Waals surface area contributed by atoms with Crippen molar-refractivity contribution < 1.29 is 37.0 Å². The minimum atomic E-state index is -5.33. The second-order valence-corrected chi connectivity index (χ2v) is 8.36. The van der Waals surface area contributed by atoms with E-state index >= 15 is 0 Å². The first-order valence-electron chi connectivity index (χ1n) is 10.4. The highest BCUT2D eigenvalue weighted by Gasteiger charge is 2.57. The molecule has 36 heavy (non-hydrogen) atoms. The van der Waals surface area contributed by atoms with E-state index in [1.165, 1.54) is 31.5 Å². The minimum Gasteiger partial charge on any atom is -0.489 e. The van der Waals surface area contributed by atoms with E-state index < -0.39 is 47.1 Å². The molecule has 0 bridgehead atoms. The maximum Gasteiger partial charge on any atom is 0.424 e. The Morgan fingerprint density at radius 3 is 2.50 bits per heavy atom. The number of hydrogen-bond acceptors (Lipinski definition) is 7. The molecule has 2 amide bonds. The number of benzene rings is 1. The van der Waals surface area contributed by atoms with Gasteiger partial charge in [-0.2, -0.15) is 13.2 Å². The van der Waals surface area contributed by atoms with Gasteiger partial charge in [-0.25, -0.2) is 14.4 Å². The van der Waals surface area contributed by atoms with Gasteiger partial charge in [-0.1, -0.05) is 0 Å². The van der Waals surface area contributed by atoms with Crippen molar-refractivity contribution in [1.29, 1.82) is 0 Å². The fourth-order valence-electron chi connectivity index (χ4n) is 3.65. The van der Waals surface area contributed by atoms with Crippen LogP contribution in [0.2, 0.25) is 0 Å². The number of amides is 2. The first-order chi connectivity index (χ1) is 16.9. The van der Waals surface area contributed by atoms with E-state index in [0.29, 0.717) is 0 Å². The van der Waals surface area contributed by atoms with Crippen molar-refractivity contribution in [3.63, 3.8) is 0 Å². The third-order valence-electron chi connectivity index (χ3n) is 5.93. The Morgan fingerprint density at radius 2 is 1.92 bits per heavy atom. The third kappa shape index (κ3) is 4.21. The van der Waals surface area contributed by atoms with E-state index in [1.807, 2.05) is 5.32 Å². The molecule has 0 radical (unpaired) electrons. The zero-order chi connectivity index (χ0) is 26.3. The number of hydrogen-bond donors (Lipinski definition) is 3. The van der Waals surface area contributed by atoms with Crippen LogP contribution in [0.25, 0.3) is 11.3 Å². The zero-order valence-corrected chi connectivity index (χ0v) is 18.6. The monoisotopic (exact) mass is 505 g/mol. The topological polar surface area (TPSA) is 140 Å². The van der Waals surface area contributed by atoms with Gasteiger partial charge < -0.3 is 20.9 Å². The lowest BCUT2D eigenvalue weighted by Crippen LogP contribution is -2.52. The normalized spacial score (nSPS) is 18.6. The number of rotatable bonds is 6. The third-order valence-corrected chi connectivity index (χ3v) is 5.93. The Hall–Kier alpha value is -4.13. The van der Waals surface area contributed by atoms with Gasteiger partial charge in [0.15, 0.2) is 0 Å². The van der Waals surface area contributed by atoms with E-state index in [1.54, 1.807) is 0 Å². The summed E-state index contributed by atoms with van der Waals surface area (Å²) in [4.78, 5) is 35.9. The smallest absolute Gasteiger partial charge is 0.424 e. The molecular formula is C23H19F4N5O4. The predicted octanol–water partition coefficient (Wildman–Crippen LogP) is 1.99. The van der Waals surface area contributed by atoms with Crippen LogP contribution in [-0.2, 0) is 15.8 Å². The van der Waals surface area contributed by atoms with Crippen LogP contribution in [0.1, 0.15) is 28.7 Å². The largest absolute Gasteiger partial charge is 0.489 e. The maximum absolute atomic E-state index is 14.3. The number of fused-ring (bicyclic) bond motifs is 1. The standard InChI is InChI=1S/C23H19F4N5O4/c1-21(20(28)34)11-36-18-14(21)8-16(32-17(18)12-2-4-13(24)5-3-12)22(35,23(25,26)27)10-31-19(33)15-9-29-6-7-30-15/h2-9,35H,10-11H2,1H3,(H2,28,34)(H,31,33)/t21-,22-/m0/s1. The molecule has 188 valence electrons. The van der Waals surface area contributed by atoms with Gasteiger partial charge in [-0.3, -0.25) is 14.6 Å². The van der Waals surface area contributed by atoms with Crippen molar-refractivity contribution in [2.24, 2.45) is 5.73 Å². The molecule has 0 aliphatic carbocycles. The summed E-state index contributed by atoms with van der Waals surface area (Å²) in [5.41, 5.74) is -0.969. The number of pyridine rings is 1. The highest BCUT2D eigenvalue weighted by molar-refractivity contribution is 5.92. The minimum absolute atomic E-state index is 0.0280. The number of nitrogens with two attached hydrogens (primary N) is 1. The Kier molecular flexibility index (Phi) is 6.12. The second-order valence-electron chi connectivity index (χ2n) is 8.36. The van der Waals surface area contributed by atoms with Gasteiger partial charge >= 0.3 is 6.18 Å². The maximum atomic E-state index is 14.3. The molecule has 1 aliphatic heterocycles. The highest BCUT2D eigenvalue weighted by atomic mass is 19.4. The molecule has 4 rings (SSSR count). The summed E-state index contributed by atoms with van der Waals surface area (Å²) in [5.74, 6) is -2.53. The van der Waals surface area contributed by atoms with E-state index in [9.17, 15) is 32.3 Å². The molecule has 0 unspecified atom stereocenters. The summed E-state index contributed by atoms with van der Waals surface area (Å²) >= 11 is 0. The highest BCUT2D eigenvalue weighted by Crippen LogP contribution is 2.47. The van der Waals surface area contributed by atoms with E-state index in [2.05, 4.69) is 15.0 Å². The lowest BCUT2D eigenvalue weighted by molar-refractivity contribution is -0.265. The summed E-state index contributed by atoms with van der Waals surface area (Å²) in [6.45, 7) is -0.249. The number of nitrogens with zero attached hydrogens (tertiary/aromatic N) is 3. The van der Waals surface area contributed by atoms with Gasteiger partial charge in [-0.15, -0.1) is 0 Å². The van der Waals surface area contributed by atoms with Crippen LogP contribution in [0.4, 0.5) is 17.6 Å². The van der Waals surface area contributed by atoms with Crippen LogP contribution in [-0.4, -0.2) is 51.2 Å². The van der Waals surface area contributed by atoms with Crippen LogP contribution in [0.3, 0.4) is 0 Å². The van der Waals surface area contributed by atoms with Crippen LogP contribution < -0.4 is 15.8 Å². The summed E-state index contributed by atoms with van der Waals surface area (Å²) < 4.78 is 62.0. The van der Waals surface area contributed by atoms with Gasteiger partial charge in [0, 0.05) is 23.5 Å². The van der Waals surface area contributed by atoms with Crippen LogP contribution >= 0.6 is 0 Å². The number of aliphatic hydroxyl groups is 1. The van der Waals surface area contributed by atoms with Gasteiger partial charge in [0.2, 0.25) is 11.5 Å². The second kappa shape index (κ2) is 8.82. The van der Waals surface area contributed by atoms with E-state index in [0.717, 1.165) is 24.4 Å². The van der Waals surface area contributed by atoms with Gasteiger partial charge in [0.1, 0.15) is 35.0 Å². The Balaban J connectivity index is 1.86. The van der Waals surface area contributed by atoms with Gasteiger partial charge in [-0.05, 0) is 37.3 Å². The fraction of sp³-hybridized carbons (Fsp3) is 0.261. The van der Waals surface area contributed by atoms with Crippen LogP contribution in [0.15, 0.2) is 48.9 Å². The van der Waals surface area contributed by atoms with Crippen LogP contribution in [0.5, 0.6) is 5.75 Å². The van der Waals surface area contributed by atoms with E-state index in [-0.39, 0.29) is 34.9 Å². The Bertz CT molecular complexity index is 1320. The average molecular weight is 505 g/mol. The molecule has 0 saturated heterocycles.